The lowest BCUT2D eigenvalue weighted by Crippen LogP contribution is -2.15. The van der Waals surface area contributed by atoms with E-state index in [9.17, 15) is 0 Å². The van der Waals surface area contributed by atoms with Gasteiger partial charge in [0.2, 0.25) is 0 Å². The van der Waals surface area contributed by atoms with Crippen LogP contribution in [-0.2, 0) is 0 Å². The smallest absolute Gasteiger partial charge is 0.125 e. The Bertz CT molecular complexity index is 449. The molecule has 0 bridgehead atoms. The Morgan fingerprint density at radius 2 is 1.94 bits per heavy atom. The molecule has 1 fully saturated rings. The molecule has 0 N–H and O–H groups in total. The fraction of sp³-hybridized carbons (Fsp3) is 0.500. The van der Waals surface area contributed by atoms with Gasteiger partial charge in [0.05, 0.1) is 18.2 Å². The van der Waals surface area contributed by atoms with Gasteiger partial charge >= 0.3 is 0 Å². The van der Waals surface area contributed by atoms with Crippen molar-refractivity contribution in [1.29, 1.82) is 5.26 Å². The second kappa shape index (κ2) is 4.62. The second-order valence-electron chi connectivity index (χ2n) is 5.00. The molecular formula is C14H17NOS. The lowest BCUT2D eigenvalue weighted by Gasteiger charge is -2.17. The Labute approximate surface area is 108 Å². The lowest BCUT2D eigenvalue weighted by atomic mass is 10.1. The molecule has 17 heavy (non-hydrogen) atoms. The lowest BCUT2D eigenvalue weighted by molar-refractivity contribution is 0.248. The van der Waals surface area contributed by atoms with E-state index in [0.29, 0.717) is 11.0 Å². The van der Waals surface area contributed by atoms with Gasteiger partial charge in [0.25, 0.3) is 0 Å². The van der Waals surface area contributed by atoms with Gasteiger partial charge in [-0.2, -0.15) is 17.9 Å². The molecular weight excluding hydrogens is 230 g/mol. The van der Waals surface area contributed by atoms with E-state index in [1.165, 1.54) is 12.8 Å². The average Bonchev–Trinajstić information content (AvgIpc) is 3.08. The third-order valence-corrected chi connectivity index (χ3v) is 4.08. The third kappa shape index (κ3) is 2.58. The SMILES string of the molecule is Cc1cc(C#N)cc(C)c1OCC1(CS)CC1. The fourth-order valence-electron chi connectivity index (χ4n) is 1.99. The minimum atomic E-state index is 0.301. The molecule has 0 amide bonds. The fourth-order valence-corrected chi connectivity index (χ4v) is 2.40. The van der Waals surface area contributed by atoms with Crippen LogP contribution in [0.2, 0.25) is 0 Å². The highest BCUT2D eigenvalue weighted by Crippen LogP contribution is 2.47. The molecule has 1 aliphatic rings. The van der Waals surface area contributed by atoms with Crippen LogP contribution in [0.25, 0.3) is 0 Å². The Morgan fingerprint density at radius 1 is 1.35 bits per heavy atom. The van der Waals surface area contributed by atoms with Gasteiger partial charge < -0.3 is 4.74 Å². The van der Waals surface area contributed by atoms with Crippen LogP contribution in [0.5, 0.6) is 5.75 Å². The van der Waals surface area contributed by atoms with Crippen LogP contribution >= 0.6 is 12.6 Å². The summed E-state index contributed by atoms with van der Waals surface area (Å²) < 4.78 is 5.93. The Morgan fingerprint density at radius 3 is 2.35 bits per heavy atom. The zero-order valence-corrected chi connectivity index (χ0v) is 11.2. The summed E-state index contributed by atoms with van der Waals surface area (Å²) in [7, 11) is 0. The van der Waals surface area contributed by atoms with Gasteiger partial charge in [0.1, 0.15) is 5.75 Å². The van der Waals surface area contributed by atoms with Crippen molar-refractivity contribution in [3.05, 3.63) is 28.8 Å². The third-order valence-electron chi connectivity index (χ3n) is 3.40. The first-order valence-corrected chi connectivity index (χ1v) is 6.48. The minimum Gasteiger partial charge on any atom is -0.492 e. The van der Waals surface area contributed by atoms with Crippen molar-refractivity contribution in [3.63, 3.8) is 0 Å². The molecule has 0 unspecified atom stereocenters. The molecule has 0 radical (unpaired) electrons. The Balaban J connectivity index is 2.14. The summed E-state index contributed by atoms with van der Waals surface area (Å²) in [6, 6.07) is 5.92. The highest BCUT2D eigenvalue weighted by molar-refractivity contribution is 7.80. The van der Waals surface area contributed by atoms with Gasteiger partial charge in [0, 0.05) is 5.41 Å². The van der Waals surface area contributed by atoms with Gasteiger partial charge in [-0.05, 0) is 55.7 Å². The average molecular weight is 247 g/mol. The summed E-state index contributed by atoms with van der Waals surface area (Å²) in [5, 5.41) is 8.88. The molecule has 2 rings (SSSR count). The number of nitrogens with zero attached hydrogens (tertiary/aromatic N) is 1. The zero-order valence-electron chi connectivity index (χ0n) is 10.3. The van der Waals surface area contributed by atoms with E-state index in [-0.39, 0.29) is 0 Å². The molecule has 90 valence electrons. The van der Waals surface area contributed by atoms with Crippen molar-refractivity contribution in [3.8, 4) is 11.8 Å². The van der Waals surface area contributed by atoms with Crippen molar-refractivity contribution < 1.29 is 4.74 Å². The molecule has 3 heteroatoms. The number of thiol groups is 1. The highest BCUT2D eigenvalue weighted by Gasteiger charge is 2.42. The number of benzene rings is 1. The molecule has 1 saturated carbocycles. The van der Waals surface area contributed by atoms with E-state index in [0.717, 1.165) is 29.2 Å². The molecule has 1 aromatic rings. The van der Waals surface area contributed by atoms with Crippen LogP contribution in [0.15, 0.2) is 12.1 Å². The number of aryl methyl sites for hydroxylation is 2. The van der Waals surface area contributed by atoms with Crippen molar-refractivity contribution in [2.45, 2.75) is 26.7 Å². The zero-order chi connectivity index (χ0) is 12.5. The Kier molecular flexibility index (Phi) is 3.35. The molecule has 1 aromatic carbocycles. The van der Waals surface area contributed by atoms with Crippen LogP contribution in [-0.4, -0.2) is 12.4 Å². The number of rotatable bonds is 4. The van der Waals surface area contributed by atoms with Crippen LogP contribution in [0, 0.1) is 30.6 Å². The summed E-state index contributed by atoms with van der Waals surface area (Å²) in [6.45, 7) is 4.72. The van der Waals surface area contributed by atoms with Gasteiger partial charge in [-0.15, -0.1) is 0 Å². The summed E-state index contributed by atoms with van der Waals surface area (Å²) in [6.07, 6.45) is 2.43. The van der Waals surface area contributed by atoms with Crippen LogP contribution in [0.1, 0.15) is 29.5 Å². The molecule has 0 atom stereocenters. The quantitative estimate of drug-likeness (QED) is 0.828. The standard InChI is InChI=1S/C14H17NOS/c1-10-5-12(7-15)6-11(2)13(10)16-8-14(9-17)3-4-14/h5-6,17H,3-4,8-9H2,1-2H3. The first kappa shape index (κ1) is 12.3. The van der Waals surface area contributed by atoms with E-state index in [4.69, 9.17) is 10.00 Å². The molecule has 0 spiro atoms. The van der Waals surface area contributed by atoms with E-state index < -0.39 is 0 Å². The monoisotopic (exact) mass is 247 g/mol. The summed E-state index contributed by atoms with van der Waals surface area (Å²) in [5.74, 6) is 1.82. The van der Waals surface area contributed by atoms with Crippen molar-refractivity contribution >= 4 is 12.6 Å². The highest BCUT2D eigenvalue weighted by atomic mass is 32.1. The van der Waals surface area contributed by atoms with Gasteiger partial charge in [-0.1, -0.05) is 0 Å². The Hall–Kier alpha value is -1.14. The first-order chi connectivity index (χ1) is 8.10. The number of nitriles is 1. The van der Waals surface area contributed by atoms with Gasteiger partial charge in [-0.3, -0.25) is 0 Å². The van der Waals surface area contributed by atoms with Crippen molar-refractivity contribution in [2.75, 3.05) is 12.4 Å². The number of ether oxygens (including phenoxy) is 1. The van der Waals surface area contributed by atoms with E-state index in [1.54, 1.807) is 0 Å². The maximum Gasteiger partial charge on any atom is 0.125 e. The maximum absolute atomic E-state index is 8.88. The number of hydrogen-bond donors (Lipinski definition) is 1. The van der Waals surface area contributed by atoms with E-state index >= 15 is 0 Å². The predicted molar refractivity (Wildman–Crippen MR) is 71.6 cm³/mol. The summed E-state index contributed by atoms with van der Waals surface area (Å²) in [5.41, 5.74) is 3.08. The normalized spacial score (nSPS) is 16.4. The minimum absolute atomic E-state index is 0.301. The van der Waals surface area contributed by atoms with Crippen LogP contribution < -0.4 is 4.74 Å². The summed E-state index contributed by atoms with van der Waals surface area (Å²) >= 11 is 4.37. The first-order valence-electron chi connectivity index (χ1n) is 5.85. The van der Waals surface area contributed by atoms with E-state index in [1.807, 2.05) is 26.0 Å². The number of hydrogen-bond acceptors (Lipinski definition) is 3. The van der Waals surface area contributed by atoms with Crippen molar-refractivity contribution in [2.24, 2.45) is 5.41 Å². The topological polar surface area (TPSA) is 33.0 Å². The van der Waals surface area contributed by atoms with Gasteiger partial charge in [-0.25, -0.2) is 0 Å². The molecule has 1 aliphatic carbocycles. The largest absolute Gasteiger partial charge is 0.492 e. The van der Waals surface area contributed by atoms with Crippen molar-refractivity contribution in [1.82, 2.24) is 0 Å². The molecule has 0 saturated heterocycles. The van der Waals surface area contributed by atoms with E-state index in [2.05, 4.69) is 18.7 Å². The predicted octanol–water partition coefficient (Wildman–Crippen LogP) is 3.26. The van der Waals surface area contributed by atoms with Crippen LogP contribution in [0.4, 0.5) is 0 Å². The maximum atomic E-state index is 8.88. The van der Waals surface area contributed by atoms with Crippen LogP contribution in [0.3, 0.4) is 0 Å². The second-order valence-corrected chi connectivity index (χ2v) is 5.31. The molecule has 0 aliphatic heterocycles. The van der Waals surface area contributed by atoms with Gasteiger partial charge in [0.15, 0.2) is 0 Å². The summed E-state index contributed by atoms with van der Waals surface area (Å²) in [4.78, 5) is 0. The molecule has 2 nitrogen and oxygen atoms in total. The molecule has 0 aromatic heterocycles. The molecule has 0 heterocycles.